The van der Waals surface area contributed by atoms with Gasteiger partial charge in [-0.25, -0.2) is 0 Å². The van der Waals surface area contributed by atoms with Crippen LogP contribution in [-0.4, -0.2) is 42.1 Å². The molecule has 0 amide bonds. The van der Waals surface area contributed by atoms with Crippen molar-refractivity contribution in [1.29, 1.82) is 0 Å². The quantitative estimate of drug-likeness (QED) is 0.908. The van der Waals surface area contributed by atoms with E-state index in [9.17, 15) is 5.11 Å². The van der Waals surface area contributed by atoms with E-state index in [1.807, 2.05) is 44.2 Å². The van der Waals surface area contributed by atoms with Crippen LogP contribution < -0.4 is 0 Å². The second kappa shape index (κ2) is 5.42. The molecule has 1 N–H and O–H groups in total. The smallest absolute Gasteiger partial charge is 0.187 e. The standard InChI is InChI=1S/C15H20O5/c1-15(2)19-12-11(16)9-18-14(13(12)20-15)17-8-10-6-4-3-5-7-10/h3-7,11-14,16H,8-9H2,1-2H3/t11-,12+,13-,14+/m0/s1. The molecule has 2 aliphatic rings. The molecule has 5 nitrogen and oxygen atoms in total. The van der Waals surface area contributed by atoms with Crippen molar-refractivity contribution in [2.45, 2.75) is 50.8 Å². The molecule has 5 heteroatoms. The lowest BCUT2D eigenvalue weighted by molar-refractivity contribution is -0.251. The Bertz CT molecular complexity index is 447. The van der Waals surface area contributed by atoms with Gasteiger partial charge in [0.2, 0.25) is 0 Å². The van der Waals surface area contributed by atoms with Crippen molar-refractivity contribution in [2.24, 2.45) is 0 Å². The van der Waals surface area contributed by atoms with Crippen LogP contribution in [-0.2, 0) is 25.6 Å². The molecule has 1 aromatic carbocycles. The van der Waals surface area contributed by atoms with E-state index in [1.54, 1.807) is 0 Å². The molecule has 1 aromatic rings. The minimum absolute atomic E-state index is 0.195. The highest BCUT2D eigenvalue weighted by atomic mass is 16.8. The fourth-order valence-corrected chi connectivity index (χ4v) is 2.60. The normalized spacial score (nSPS) is 35.8. The molecule has 2 heterocycles. The maximum atomic E-state index is 9.93. The van der Waals surface area contributed by atoms with E-state index < -0.39 is 30.4 Å². The third-order valence-electron chi connectivity index (χ3n) is 3.50. The maximum absolute atomic E-state index is 9.93. The number of ether oxygens (including phenoxy) is 4. The minimum atomic E-state index is -0.724. The van der Waals surface area contributed by atoms with Crippen LogP contribution in [0.25, 0.3) is 0 Å². The number of rotatable bonds is 3. The third-order valence-corrected chi connectivity index (χ3v) is 3.50. The predicted octanol–water partition coefficient (Wildman–Crippen LogP) is 1.44. The molecule has 20 heavy (non-hydrogen) atoms. The van der Waals surface area contributed by atoms with Crippen molar-refractivity contribution in [2.75, 3.05) is 6.61 Å². The summed E-state index contributed by atoms with van der Waals surface area (Å²) in [6, 6.07) is 9.87. The molecule has 110 valence electrons. The van der Waals surface area contributed by atoms with Gasteiger partial charge in [-0.15, -0.1) is 0 Å². The van der Waals surface area contributed by atoms with Gasteiger partial charge in [0.05, 0.1) is 13.2 Å². The summed E-state index contributed by atoms with van der Waals surface area (Å²) in [4.78, 5) is 0. The van der Waals surface area contributed by atoms with Crippen molar-refractivity contribution in [1.82, 2.24) is 0 Å². The largest absolute Gasteiger partial charge is 0.388 e. The summed E-state index contributed by atoms with van der Waals surface area (Å²) in [6.07, 6.45) is -2.01. The Morgan fingerprint density at radius 3 is 2.65 bits per heavy atom. The van der Waals surface area contributed by atoms with Gasteiger partial charge < -0.3 is 24.1 Å². The summed E-state index contributed by atoms with van der Waals surface area (Å²) < 4.78 is 22.8. The highest BCUT2D eigenvalue weighted by Gasteiger charge is 2.52. The molecule has 2 saturated heterocycles. The SMILES string of the molecule is CC1(C)O[C@@H]2[C@H](OCc3ccccc3)OC[C@H](O)[C@H]2O1. The first-order valence-electron chi connectivity index (χ1n) is 6.86. The molecule has 2 aliphatic heterocycles. The Morgan fingerprint density at radius 2 is 1.90 bits per heavy atom. The average Bonchev–Trinajstić information content (AvgIpc) is 2.76. The first-order chi connectivity index (χ1) is 9.55. The molecule has 0 bridgehead atoms. The van der Waals surface area contributed by atoms with Crippen molar-refractivity contribution < 1.29 is 24.1 Å². The van der Waals surface area contributed by atoms with Crippen LogP contribution in [0.1, 0.15) is 19.4 Å². The van der Waals surface area contributed by atoms with Gasteiger partial charge in [0.25, 0.3) is 0 Å². The lowest BCUT2D eigenvalue weighted by Gasteiger charge is -2.34. The van der Waals surface area contributed by atoms with Gasteiger partial charge in [0, 0.05) is 0 Å². The van der Waals surface area contributed by atoms with Gasteiger partial charge in [-0.2, -0.15) is 0 Å². The lowest BCUT2D eigenvalue weighted by atomic mass is 10.1. The summed E-state index contributed by atoms with van der Waals surface area (Å²) in [6.45, 7) is 4.28. The summed E-state index contributed by atoms with van der Waals surface area (Å²) in [5.41, 5.74) is 1.07. The van der Waals surface area contributed by atoms with E-state index in [1.165, 1.54) is 0 Å². The molecule has 0 aliphatic carbocycles. The Balaban J connectivity index is 1.65. The van der Waals surface area contributed by atoms with Crippen LogP contribution in [0.4, 0.5) is 0 Å². The summed E-state index contributed by atoms with van der Waals surface area (Å²) >= 11 is 0. The number of aliphatic hydroxyl groups excluding tert-OH is 1. The van der Waals surface area contributed by atoms with E-state index in [0.717, 1.165) is 5.56 Å². The Labute approximate surface area is 118 Å². The second-order valence-corrected chi connectivity index (χ2v) is 5.63. The fraction of sp³-hybridized carbons (Fsp3) is 0.600. The monoisotopic (exact) mass is 280 g/mol. The van der Waals surface area contributed by atoms with E-state index >= 15 is 0 Å². The zero-order valence-electron chi connectivity index (χ0n) is 11.7. The molecule has 0 radical (unpaired) electrons. The van der Waals surface area contributed by atoms with Gasteiger partial charge >= 0.3 is 0 Å². The molecule has 4 atom stereocenters. The molecule has 0 spiro atoms. The van der Waals surface area contributed by atoms with Crippen LogP contribution in [0.5, 0.6) is 0 Å². The number of hydrogen-bond acceptors (Lipinski definition) is 5. The maximum Gasteiger partial charge on any atom is 0.187 e. The molecule has 0 unspecified atom stereocenters. The molecular formula is C15H20O5. The predicted molar refractivity (Wildman–Crippen MR) is 70.8 cm³/mol. The highest BCUT2D eigenvalue weighted by molar-refractivity contribution is 5.13. The third kappa shape index (κ3) is 2.87. The Kier molecular flexibility index (Phi) is 3.79. The summed E-state index contributed by atoms with van der Waals surface area (Å²) in [5, 5.41) is 9.93. The topological polar surface area (TPSA) is 57.2 Å². The zero-order chi connectivity index (χ0) is 14.2. The molecular weight excluding hydrogens is 260 g/mol. The molecule has 2 fully saturated rings. The van der Waals surface area contributed by atoms with Crippen LogP contribution in [0.15, 0.2) is 30.3 Å². The summed E-state index contributed by atoms with van der Waals surface area (Å²) in [7, 11) is 0. The number of hydrogen-bond donors (Lipinski definition) is 1. The van der Waals surface area contributed by atoms with E-state index in [-0.39, 0.29) is 6.61 Å². The van der Waals surface area contributed by atoms with Crippen LogP contribution >= 0.6 is 0 Å². The first kappa shape index (κ1) is 14.0. The second-order valence-electron chi connectivity index (χ2n) is 5.63. The van der Waals surface area contributed by atoms with Crippen molar-refractivity contribution in [3.05, 3.63) is 35.9 Å². The molecule has 0 saturated carbocycles. The van der Waals surface area contributed by atoms with Crippen LogP contribution in [0.2, 0.25) is 0 Å². The lowest BCUT2D eigenvalue weighted by Crippen LogP contribution is -2.52. The number of fused-ring (bicyclic) bond motifs is 1. The minimum Gasteiger partial charge on any atom is -0.388 e. The van der Waals surface area contributed by atoms with E-state index in [4.69, 9.17) is 18.9 Å². The van der Waals surface area contributed by atoms with Gasteiger partial charge in [0.1, 0.15) is 18.3 Å². The number of aliphatic hydroxyl groups is 1. The Morgan fingerprint density at radius 1 is 1.20 bits per heavy atom. The fourth-order valence-electron chi connectivity index (χ4n) is 2.60. The van der Waals surface area contributed by atoms with Crippen molar-refractivity contribution in [3.8, 4) is 0 Å². The van der Waals surface area contributed by atoms with Gasteiger partial charge in [-0.05, 0) is 19.4 Å². The van der Waals surface area contributed by atoms with Gasteiger partial charge in [-0.1, -0.05) is 30.3 Å². The van der Waals surface area contributed by atoms with E-state index in [2.05, 4.69) is 0 Å². The Hall–Kier alpha value is -0.980. The first-order valence-corrected chi connectivity index (χ1v) is 6.86. The average molecular weight is 280 g/mol. The van der Waals surface area contributed by atoms with Crippen LogP contribution in [0.3, 0.4) is 0 Å². The molecule has 0 aromatic heterocycles. The zero-order valence-corrected chi connectivity index (χ0v) is 11.7. The highest BCUT2D eigenvalue weighted by Crippen LogP contribution is 2.35. The van der Waals surface area contributed by atoms with Gasteiger partial charge in [-0.3, -0.25) is 0 Å². The van der Waals surface area contributed by atoms with E-state index in [0.29, 0.717) is 6.61 Å². The van der Waals surface area contributed by atoms with Crippen molar-refractivity contribution in [3.63, 3.8) is 0 Å². The summed E-state index contributed by atoms with van der Waals surface area (Å²) in [5.74, 6) is -0.724. The van der Waals surface area contributed by atoms with Gasteiger partial charge in [0.15, 0.2) is 12.1 Å². The van der Waals surface area contributed by atoms with Crippen molar-refractivity contribution >= 4 is 0 Å². The number of benzene rings is 1. The van der Waals surface area contributed by atoms with Crippen LogP contribution in [0, 0.1) is 0 Å². The molecule has 3 rings (SSSR count).